The molecular weight excluding hydrogens is 450 g/mol. The van der Waals surface area contributed by atoms with E-state index >= 15 is 0 Å². The number of amides is 2. The number of fused-ring (bicyclic) bond motifs is 2. The SMILES string of the molecule is C[C@@H](Oc1cc(-c2cc3n(n2)CC[C@@]32CCN(C(=O)NC3CCC3)C2)cnc1N)c1nccs1. The van der Waals surface area contributed by atoms with E-state index in [0.717, 1.165) is 61.6 Å². The summed E-state index contributed by atoms with van der Waals surface area (Å²) < 4.78 is 8.18. The fourth-order valence-corrected chi connectivity index (χ4v) is 5.87. The van der Waals surface area contributed by atoms with Crippen LogP contribution in [0.3, 0.4) is 0 Å². The molecule has 0 bridgehead atoms. The third-order valence-corrected chi connectivity index (χ3v) is 8.42. The molecule has 3 N–H and O–H groups in total. The van der Waals surface area contributed by atoms with Crippen LogP contribution in [0.1, 0.15) is 55.8 Å². The number of carbonyl (C=O) groups excluding carboxylic acids is 1. The van der Waals surface area contributed by atoms with Crippen molar-refractivity contribution >= 4 is 23.2 Å². The third kappa shape index (κ3) is 3.70. The third-order valence-electron chi connectivity index (χ3n) is 7.48. The Morgan fingerprint density at radius 3 is 2.91 bits per heavy atom. The van der Waals surface area contributed by atoms with E-state index in [1.165, 1.54) is 12.1 Å². The number of aryl methyl sites for hydroxylation is 1. The fourth-order valence-electron chi connectivity index (χ4n) is 5.25. The van der Waals surface area contributed by atoms with Crippen LogP contribution in [-0.4, -0.2) is 49.8 Å². The van der Waals surface area contributed by atoms with Crippen LogP contribution in [0, 0.1) is 0 Å². The number of pyridine rings is 1. The van der Waals surface area contributed by atoms with Crippen LogP contribution in [0.2, 0.25) is 0 Å². The number of hydrogen-bond donors (Lipinski definition) is 2. The zero-order valence-corrected chi connectivity index (χ0v) is 20.1. The van der Waals surface area contributed by atoms with Gasteiger partial charge >= 0.3 is 6.03 Å². The molecule has 1 saturated heterocycles. The van der Waals surface area contributed by atoms with Crippen molar-refractivity contribution in [3.63, 3.8) is 0 Å². The molecule has 0 unspecified atom stereocenters. The highest BCUT2D eigenvalue weighted by Crippen LogP contribution is 2.44. The normalized spacial score (nSPS) is 22.6. The van der Waals surface area contributed by atoms with Crippen LogP contribution < -0.4 is 15.8 Å². The summed E-state index contributed by atoms with van der Waals surface area (Å²) in [5.41, 5.74) is 9.00. The monoisotopic (exact) mass is 479 g/mol. The summed E-state index contributed by atoms with van der Waals surface area (Å²) in [6.45, 7) is 4.35. The summed E-state index contributed by atoms with van der Waals surface area (Å²) in [6.07, 6.45) is 8.70. The molecule has 9 nitrogen and oxygen atoms in total. The molecule has 0 aromatic carbocycles. The first-order chi connectivity index (χ1) is 16.5. The topological polar surface area (TPSA) is 111 Å². The Bertz CT molecular complexity index is 1210. The van der Waals surface area contributed by atoms with E-state index in [1.54, 1.807) is 23.7 Å². The second kappa shape index (κ2) is 8.26. The second-order valence-corrected chi connectivity index (χ2v) is 10.6. The van der Waals surface area contributed by atoms with Crippen molar-refractivity contribution in [2.45, 2.75) is 63.1 Å². The Morgan fingerprint density at radius 1 is 1.29 bits per heavy atom. The molecule has 0 radical (unpaired) electrons. The van der Waals surface area contributed by atoms with Gasteiger partial charge in [-0.1, -0.05) is 0 Å². The summed E-state index contributed by atoms with van der Waals surface area (Å²) >= 11 is 1.55. The minimum absolute atomic E-state index is 0.0257. The lowest BCUT2D eigenvalue weighted by Gasteiger charge is -2.30. The zero-order chi connectivity index (χ0) is 23.3. The van der Waals surface area contributed by atoms with Gasteiger partial charge in [-0.15, -0.1) is 11.3 Å². The lowest BCUT2D eigenvalue weighted by atomic mass is 9.82. The Balaban J connectivity index is 1.21. The van der Waals surface area contributed by atoms with Gasteiger partial charge in [-0.05, 0) is 51.2 Å². The quantitative estimate of drug-likeness (QED) is 0.577. The van der Waals surface area contributed by atoms with Crippen LogP contribution in [-0.2, 0) is 12.0 Å². The first-order valence-electron chi connectivity index (χ1n) is 12.0. The highest BCUT2D eigenvalue weighted by Gasteiger charge is 2.47. The van der Waals surface area contributed by atoms with Gasteiger partial charge < -0.3 is 20.7 Å². The first kappa shape index (κ1) is 21.4. The number of carbonyl (C=O) groups is 1. The number of rotatable bonds is 5. The van der Waals surface area contributed by atoms with Crippen LogP contribution in [0.4, 0.5) is 10.6 Å². The molecule has 2 atom stereocenters. The number of hydrogen-bond acceptors (Lipinski definition) is 7. The van der Waals surface area contributed by atoms with E-state index in [9.17, 15) is 4.79 Å². The average Bonchev–Trinajstić information content (AvgIpc) is 3.59. The number of nitrogens with zero attached hydrogens (tertiary/aromatic N) is 5. The van der Waals surface area contributed by atoms with Gasteiger partial charge in [0.2, 0.25) is 0 Å². The number of anilines is 1. The largest absolute Gasteiger partial charge is 0.480 e. The summed E-state index contributed by atoms with van der Waals surface area (Å²) in [5, 5.41) is 10.9. The number of ether oxygens (including phenoxy) is 1. The number of aromatic nitrogens is 4. The van der Waals surface area contributed by atoms with Crippen molar-refractivity contribution in [2.75, 3.05) is 18.8 Å². The highest BCUT2D eigenvalue weighted by molar-refractivity contribution is 7.09. The van der Waals surface area contributed by atoms with Crippen molar-refractivity contribution in [1.82, 2.24) is 30.0 Å². The van der Waals surface area contributed by atoms with Crippen LogP contribution >= 0.6 is 11.3 Å². The van der Waals surface area contributed by atoms with Crippen LogP contribution in [0.25, 0.3) is 11.3 Å². The number of thiazole rings is 1. The summed E-state index contributed by atoms with van der Waals surface area (Å²) in [4.78, 5) is 23.4. The van der Waals surface area contributed by atoms with Gasteiger partial charge in [-0.25, -0.2) is 14.8 Å². The van der Waals surface area contributed by atoms with E-state index in [0.29, 0.717) is 17.6 Å². The molecule has 2 fully saturated rings. The van der Waals surface area contributed by atoms with Gasteiger partial charge in [-0.2, -0.15) is 5.10 Å². The molecule has 10 heteroatoms. The second-order valence-electron chi connectivity index (χ2n) is 9.65. The van der Waals surface area contributed by atoms with Gasteiger partial charge in [-0.3, -0.25) is 4.68 Å². The van der Waals surface area contributed by atoms with Crippen molar-refractivity contribution < 1.29 is 9.53 Å². The lowest BCUT2D eigenvalue weighted by Crippen LogP contribution is -2.47. The maximum Gasteiger partial charge on any atom is 0.317 e. The molecular formula is C24H29N7O2S. The first-order valence-corrected chi connectivity index (χ1v) is 12.8. The average molecular weight is 480 g/mol. The van der Waals surface area contributed by atoms with Gasteiger partial charge in [0.1, 0.15) is 11.1 Å². The molecule has 5 heterocycles. The Labute approximate surface area is 202 Å². The molecule has 3 aliphatic rings. The molecule has 34 heavy (non-hydrogen) atoms. The summed E-state index contributed by atoms with van der Waals surface area (Å²) in [6, 6.07) is 4.50. The predicted octanol–water partition coefficient (Wildman–Crippen LogP) is 3.73. The van der Waals surface area contributed by atoms with E-state index in [-0.39, 0.29) is 17.6 Å². The smallest absolute Gasteiger partial charge is 0.317 e. The predicted molar refractivity (Wildman–Crippen MR) is 130 cm³/mol. The minimum Gasteiger partial charge on any atom is -0.480 e. The van der Waals surface area contributed by atoms with Gasteiger partial charge in [0, 0.05) is 60.1 Å². The molecule has 1 saturated carbocycles. The molecule has 178 valence electrons. The van der Waals surface area contributed by atoms with Gasteiger partial charge in [0.25, 0.3) is 0 Å². The maximum atomic E-state index is 12.7. The Hall–Kier alpha value is -3.14. The van der Waals surface area contributed by atoms with Crippen molar-refractivity contribution in [2.24, 2.45) is 0 Å². The Morgan fingerprint density at radius 2 is 2.15 bits per heavy atom. The van der Waals surface area contributed by atoms with E-state index < -0.39 is 0 Å². The van der Waals surface area contributed by atoms with Crippen molar-refractivity contribution in [1.29, 1.82) is 0 Å². The minimum atomic E-state index is -0.217. The lowest BCUT2D eigenvalue weighted by molar-refractivity contribution is 0.193. The number of urea groups is 1. The summed E-state index contributed by atoms with van der Waals surface area (Å²) in [7, 11) is 0. The maximum absolute atomic E-state index is 12.7. The fraction of sp³-hybridized carbons (Fsp3) is 0.500. The molecule has 3 aromatic rings. The van der Waals surface area contributed by atoms with Crippen molar-refractivity contribution in [3.8, 4) is 17.0 Å². The van der Waals surface area contributed by atoms with Crippen molar-refractivity contribution in [3.05, 3.63) is 40.6 Å². The highest BCUT2D eigenvalue weighted by atomic mass is 32.1. The van der Waals surface area contributed by atoms with E-state index in [4.69, 9.17) is 15.6 Å². The standard InChI is InChI=1S/C24H29N7O2S/c1-15(22-26-7-10-34-22)33-19-11-16(13-27-21(19)25)18-12-20-24(6-9-31(20)29-18)5-8-30(14-24)23(32)28-17-3-2-4-17/h7,10-13,15,17H,2-6,8-9,14H2,1H3,(H2,25,27)(H,28,32)/t15-,24-/m1/s1. The number of likely N-dealkylation sites (tertiary alicyclic amines) is 1. The number of nitrogens with two attached hydrogens (primary N) is 1. The van der Waals surface area contributed by atoms with E-state index in [1.807, 2.05) is 23.3 Å². The van der Waals surface area contributed by atoms with E-state index in [2.05, 4.69) is 26.0 Å². The molecule has 3 aromatic heterocycles. The Kier molecular flexibility index (Phi) is 5.20. The molecule has 2 aliphatic heterocycles. The number of nitrogen functional groups attached to an aromatic ring is 1. The van der Waals surface area contributed by atoms with Gasteiger partial charge in [0.05, 0.1) is 5.69 Å². The zero-order valence-electron chi connectivity index (χ0n) is 19.2. The molecule has 1 spiro atoms. The molecule has 1 aliphatic carbocycles. The van der Waals surface area contributed by atoms with Crippen LogP contribution in [0.5, 0.6) is 5.75 Å². The summed E-state index contributed by atoms with van der Waals surface area (Å²) in [5.74, 6) is 0.877. The van der Waals surface area contributed by atoms with Gasteiger partial charge in [0.15, 0.2) is 11.6 Å². The molecule has 6 rings (SSSR count). The number of nitrogens with one attached hydrogen (secondary N) is 1. The molecule has 2 amide bonds. The van der Waals surface area contributed by atoms with Crippen LogP contribution in [0.15, 0.2) is 29.9 Å².